The quantitative estimate of drug-likeness (QED) is 0.525. The van der Waals surface area contributed by atoms with Crippen LogP contribution in [0, 0.1) is 5.92 Å². The van der Waals surface area contributed by atoms with E-state index in [2.05, 4.69) is 29.2 Å². The topological polar surface area (TPSA) is 62.3 Å². The number of ether oxygens (including phenoxy) is 2. The number of amides is 2. The van der Waals surface area contributed by atoms with Crippen molar-refractivity contribution in [2.75, 3.05) is 52.7 Å². The molecule has 2 amide bonds. The van der Waals surface area contributed by atoms with Crippen LogP contribution < -0.4 is 9.47 Å². The fourth-order valence-corrected chi connectivity index (χ4v) is 6.45. The van der Waals surface area contributed by atoms with Crippen LogP contribution in [-0.2, 0) is 9.59 Å². The average Bonchev–Trinajstić information content (AvgIpc) is 3.71. The van der Waals surface area contributed by atoms with Gasteiger partial charge in [-0.1, -0.05) is 48.6 Å². The standard InChI is InChI=1S/C29H35N3O4S/c1-35-25-13-12-23(19-26(25)36-2)29-32(27(33)22-10-11-22)24(20-37-29)28(34)31-17-15-30(16-18-31)14-6-9-21-7-4-3-5-8-21/h3-9,12-13,19,22,24,29H,10-11,14-18,20H2,1-2H3/b9-6+. The first-order chi connectivity index (χ1) is 18.1. The minimum Gasteiger partial charge on any atom is -0.493 e. The van der Waals surface area contributed by atoms with E-state index in [0.29, 0.717) is 30.3 Å². The summed E-state index contributed by atoms with van der Waals surface area (Å²) in [5.74, 6) is 2.11. The first kappa shape index (κ1) is 25.7. The lowest BCUT2D eigenvalue weighted by atomic mass is 10.1. The van der Waals surface area contributed by atoms with Crippen LogP contribution in [0.4, 0.5) is 0 Å². The number of hydrogen-bond donors (Lipinski definition) is 0. The summed E-state index contributed by atoms with van der Waals surface area (Å²) in [6.45, 7) is 3.90. The van der Waals surface area contributed by atoms with Gasteiger partial charge in [-0.15, -0.1) is 11.8 Å². The number of nitrogens with zero attached hydrogens (tertiary/aromatic N) is 3. The maximum atomic E-state index is 13.7. The smallest absolute Gasteiger partial charge is 0.246 e. The SMILES string of the molecule is COc1ccc(C2SCC(C(=O)N3CCN(C/C=C/c4ccccc4)CC3)N2C(=O)C2CC2)cc1OC. The Hall–Kier alpha value is -2.97. The molecule has 7 nitrogen and oxygen atoms in total. The van der Waals surface area contributed by atoms with E-state index >= 15 is 0 Å². The van der Waals surface area contributed by atoms with Crippen molar-refractivity contribution in [3.8, 4) is 11.5 Å². The maximum Gasteiger partial charge on any atom is 0.246 e. The Balaban J connectivity index is 1.24. The normalized spacial score (nSPS) is 22.4. The minimum atomic E-state index is -0.430. The summed E-state index contributed by atoms with van der Waals surface area (Å²) < 4.78 is 10.9. The molecule has 2 unspecified atom stereocenters. The van der Waals surface area contributed by atoms with Gasteiger partial charge in [0.25, 0.3) is 0 Å². The summed E-state index contributed by atoms with van der Waals surface area (Å²) >= 11 is 1.66. The van der Waals surface area contributed by atoms with Crippen LogP contribution in [0.3, 0.4) is 0 Å². The van der Waals surface area contributed by atoms with E-state index in [-0.39, 0.29) is 23.1 Å². The molecular formula is C29H35N3O4S. The molecule has 0 spiro atoms. The lowest BCUT2D eigenvalue weighted by Crippen LogP contribution is -2.55. The molecule has 8 heteroatoms. The zero-order valence-electron chi connectivity index (χ0n) is 21.5. The summed E-state index contributed by atoms with van der Waals surface area (Å²) in [7, 11) is 3.22. The Morgan fingerprint density at radius 2 is 1.68 bits per heavy atom. The predicted octanol–water partition coefficient (Wildman–Crippen LogP) is 3.91. The Morgan fingerprint density at radius 1 is 0.946 bits per heavy atom. The van der Waals surface area contributed by atoms with Gasteiger partial charge in [0.1, 0.15) is 11.4 Å². The van der Waals surface area contributed by atoms with E-state index in [4.69, 9.17) is 9.47 Å². The lowest BCUT2D eigenvalue weighted by molar-refractivity contribution is -0.146. The van der Waals surface area contributed by atoms with Crippen molar-refractivity contribution in [2.45, 2.75) is 24.3 Å². The molecule has 5 rings (SSSR count). The van der Waals surface area contributed by atoms with Gasteiger partial charge in [-0.25, -0.2) is 0 Å². The molecule has 2 aliphatic heterocycles. The van der Waals surface area contributed by atoms with Gasteiger partial charge in [-0.05, 0) is 36.1 Å². The molecule has 2 heterocycles. The number of methoxy groups -OCH3 is 2. The number of benzene rings is 2. The van der Waals surface area contributed by atoms with Crippen LogP contribution in [0.25, 0.3) is 6.08 Å². The number of hydrogen-bond acceptors (Lipinski definition) is 6. The van der Waals surface area contributed by atoms with Crippen molar-refractivity contribution >= 4 is 29.7 Å². The first-order valence-corrected chi connectivity index (χ1v) is 14.0. The second-order valence-corrected chi connectivity index (χ2v) is 10.9. The minimum absolute atomic E-state index is 0.0462. The monoisotopic (exact) mass is 521 g/mol. The highest BCUT2D eigenvalue weighted by atomic mass is 32.2. The van der Waals surface area contributed by atoms with E-state index in [9.17, 15) is 9.59 Å². The first-order valence-electron chi connectivity index (χ1n) is 13.0. The molecule has 37 heavy (non-hydrogen) atoms. The van der Waals surface area contributed by atoms with Crippen molar-refractivity contribution in [1.82, 2.24) is 14.7 Å². The highest BCUT2D eigenvalue weighted by Crippen LogP contribution is 2.47. The zero-order chi connectivity index (χ0) is 25.8. The van der Waals surface area contributed by atoms with E-state index < -0.39 is 6.04 Å². The number of rotatable bonds is 8. The predicted molar refractivity (Wildman–Crippen MR) is 147 cm³/mol. The third-order valence-electron chi connectivity index (χ3n) is 7.32. The van der Waals surface area contributed by atoms with Gasteiger partial charge in [-0.3, -0.25) is 14.5 Å². The molecule has 1 saturated carbocycles. The second kappa shape index (κ2) is 11.6. The van der Waals surface area contributed by atoms with Crippen LogP contribution in [0.5, 0.6) is 11.5 Å². The van der Waals surface area contributed by atoms with Gasteiger partial charge >= 0.3 is 0 Å². The fraction of sp³-hybridized carbons (Fsp3) is 0.448. The van der Waals surface area contributed by atoms with E-state index in [1.54, 1.807) is 26.0 Å². The highest BCUT2D eigenvalue weighted by Gasteiger charge is 2.47. The Bertz CT molecular complexity index is 1130. The van der Waals surface area contributed by atoms with Crippen LogP contribution >= 0.6 is 11.8 Å². The fourth-order valence-electron chi connectivity index (χ4n) is 5.03. The summed E-state index contributed by atoms with van der Waals surface area (Å²) in [5, 5.41) is -0.203. The third-order valence-corrected chi connectivity index (χ3v) is 8.64. The molecular weight excluding hydrogens is 486 g/mol. The summed E-state index contributed by atoms with van der Waals surface area (Å²) in [4.78, 5) is 33.3. The Morgan fingerprint density at radius 3 is 2.35 bits per heavy atom. The molecule has 2 atom stereocenters. The van der Waals surface area contributed by atoms with Gasteiger partial charge in [-0.2, -0.15) is 0 Å². The van der Waals surface area contributed by atoms with Crippen molar-refractivity contribution in [2.24, 2.45) is 5.92 Å². The van der Waals surface area contributed by atoms with Crippen molar-refractivity contribution in [3.05, 3.63) is 65.7 Å². The molecule has 0 N–H and O–H groups in total. The van der Waals surface area contributed by atoms with E-state index in [1.165, 1.54) is 5.56 Å². The lowest BCUT2D eigenvalue weighted by Gasteiger charge is -2.37. The number of carbonyl (C=O) groups excluding carboxylic acids is 2. The number of piperazine rings is 1. The zero-order valence-corrected chi connectivity index (χ0v) is 22.4. The van der Waals surface area contributed by atoms with Crippen LogP contribution in [0.2, 0.25) is 0 Å². The van der Waals surface area contributed by atoms with Gasteiger partial charge in [0.05, 0.1) is 14.2 Å². The molecule has 3 aliphatic rings. The van der Waals surface area contributed by atoms with Gasteiger partial charge in [0, 0.05) is 44.4 Å². The highest BCUT2D eigenvalue weighted by molar-refractivity contribution is 7.99. The Labute approximate surface area is 223 Å². The molecule has 1 aliphatic carbocycles. The van der Waals surface area contributed by atoms with Crippen LogP contribution in [0.15, 0.2) is 54.6 Å². The van der Waals surface area contributed by atoms with Gasteiger partial charge in [0.15, 0.2) is 11.5 Å². The average molecular weight is 522 g/mol. The Kier molecular flexibility index (Phi) is 8.05. The second-order valence-electron chi connectivity index (χ2n) is 9.77. The molecule has 0 aromatic heterocycles. The molecule has 2 aromatic carbocycles. The summed E-state index contributed by atoms with van der Waals surface area (Å²) in [6, 6.07) is 15.6. The molecule has 0 bridgehead atoms. The molecule has 196 valence electrons. The molecule has 2 aromatic rings. The van der Waals surface area contributed by atoms with Crippen molar-refractivity contribution in [1.29, 1.82) is 0 Å². The largest absolute Gasteiger partial charge is 0.493 e. The third kappa shape index (κ3) is 5.80. The molecule has 0 radical (unpaired) electrons. The van der Waals surface area contributed by atoms with Crippen LogP contribution in [0.1, 0.15) is 29.3 Å². The van der Waals surface area contributed by atoms with Crippen molar-refractivity contribution in [3.63, 3.8) is 0 Å². The molecule has 3 fully saturated rings. The molecule has 2 saturated heterocycles. The number of thioether (sulfide) groups is 1. The van der Waals surface area contributed by atoms with Crippen molar-refractivity contribution < 1.29 is 19.1 Å². The van der Waals surface area contributed by atoms with Gasteiger partial charge < -0.3 is 19.3 Å². The maximum absolute atomic E-state index is 13.7. The van der Waals surface area contributed by atoms with E-state index in [0.717, 1.165) is 38.0 Å². The van der Waals surface area contributed by atoms with Gasteiger partial charge in [0.2, 0.25) is 11.8 Å². The summed E-state index contributed by atoms with van der Waals surface area (Å²) in [6.07, 6.45) is 6.15. The summed E-state index contributed by atoms with van der Waals surface area (Å²) in [5.41, 5.74) is 2.15. The number of carbonyl (C=O) groups is 2. The van der Waals surface area contributed by atoms with E-state index in [1.807, 2.05) is 46.2 Å². The van der Waals surface area contributed by atoms with Crippen LogP contribution in [-0.4, -0.2) is 85.3 Å².